The predicted molar refractivity (Wildman–Crippen MR) is 76.8 cm³/mol. The maximum atomic E-state index is 13.4. The number of nitrogens with zero attached hydrogens (tertiary/aromatic N) is 3. The molecule has 0 saturated carbocycles. The molecule has 0 unspecified atom stereocenters. The molecule has 1 aromatic heterocycles. The Kier molecular flexibility index (Phi) is 3.67. The van der Waals surface area contributed by atoms with Gasteiger partial charge in [0.1, 0.15) is 18.0 Å². The van der Waals surface area contributed by atoms with Crippen molar-refractivity contribution in [1.29, 1.82) is 0 Å². The van der Waals surface area contributed by atoms with Gasteiger partial charge in [-0.3, -0.25) is 0 Å². The first-order chi connectivity index (χ1) is 9.65. The van der Waals surface area contributed by atoms with Crippen LogP contribution in [0.4, 0.5) is 10.2 Å². The molecule has 1 saturated heterocycles. The molecule has 2 heterocycles. The first-order valence-corrected chi connectivity index (χ1v) is 7.10. The van der Waals surface area contributed by atoms with Crippen LogP contribution in [0.15, 0.2) is 41.3 Å². The predicted octanol–water partition coefficient (Wildman–Crippen LogP) is 2.69. The molecule has 0 bridgehead atoms. The zero-order valence-corrected chi connectivity index (χ0v) is 12.2. The van der Waals surface area contributed by atoms with Crippen LogP contribution in [0.25, 0.3) is 0 Å². The number of aromatic nitrogens is 2. The smallest absolute Gasteiger partial charge is 0.146 e. The van der Waals surface area contributed by atoms with Gasteiger partial charge in [-0.15, -0.1) is 0 Å². The highest BCUT2D eigenvalue weighted by Gasteiger charge is 2.34. The van der Waals surface area contributed by atoms with Crippen molar-refractivity contribution in [2.45, 2.75) is 18.6 Å². The number of β-amino-alcohol motifs (C(OH)–C–C–N with tert-alkyl or cyclic N) is 1. The van der Waals surface area contributed by atoms with Gasteiger partial charge >= 0.3 is 0 Å². The summed E-state index contributed by atoms with van der Waals surface area (Å²) in [5.74, 6) is 0.441. The molecular formula is C14H13BrFN3O. The second kappa shape index (κ2) is 5.46. The van der Waals surface area contributed by atoms with E-state index in [9.17, 15) is 9.50 Å². The maximum absolute atomic E-state index is 13.4. The van der Waals surface area contributed by atoms with Gasteiger partial charge in [0, 0.05) is 12.7 Å². The zero-order chi connectivity index (χ0) is 14.1. The minimum Gasteiger partial charge on any atom is -0.391 e. The van der Waals surface area contributed by atoms with Crippen LogP contribution in [0, 0.1) is 5.82 Å². The number of rotatable bonds is 2. The second-order valence-corrected chi connectivity index (χ2v) is 5.66. The summed E-state index contributed by atoms with van der Waals surface area (Å²) in [5, 5.41) is 9.96. The van der Waals surface area contributed by atoms with E-state index in [0.717, 1.165) is 10.0 Å². The summed E-state index contributed by atoms with van der Waals surface area (Å²) in [7, 11) is 0. The Morgan fingerprint density at radius 1 is 1.40 bits per heavy atom. The van der Waals surface area contributed by atoms with Gasteiger partial charge in [-0.05, 0) is 40.0 Å². The van der Waals surface area contributed by atoms with Crippen molar-refractivity contribution in [2.24, 2.45) is 0 Å². The van der Waals surface area contributed by atoms with Crippen LogP contribution in [0.5, 0.6) is 0 Å². The van der Waals surface area contributed by atoms with E-state index < -0.39 is 6.10 Å². The molecule has 0 aliphatic carbocycles. The lowest BCUT2D eigenvalue weighted by Crippen LogP contribution is -2.25. The zero-order valence-electron chi connectivity index (χ0n) is 10.6. The molecule has 20 heavy (non-hydrogen) atoms. The number of aliphatic hydroxyl groups excluding tert-OH is 1. The van der Waals surface area contributed by atoms with Crippen molar-refractivity contribution in [3.8, 4) is 0 Å². The van der Waals surface area contributed by atoms with Crippen LogP contribution >= 0.6 is 15.9 Å². The number of halogens is 2. The third-order valence-electron chi connectivity index (χ3n) is 3.43. The van der Waals surface area contributed by atoms with Crippen LogP contribution in [-0.4, -0.2) is 27.7 Å². The van der Waals surface area contributed by atoms with E-state index in [1.807, 2.05) is 11.0 Å². The van der Waals surface area contributed by atoms with Crippen molar-refractivity contribution >= 4 is 21.7 Å². The van der Waals surface area contributed by atoms with E-state index in [1.165, 1.54) is 18.5 Å². The van der Waals surface area contributed by atoms with Gasteiger partial charge in [0.2, 0.25) is 0 Å². The monoisotopic (exact) mass is 337 g/mol. The molecule has 1 aromatic carbocycles. The molecule has 0 spiro atoms. The Morgan fingerprint density at radius 3 is 3.00 bits per heavy atom. The summed E-state index contributed by atoms with van der Waals surface area (Å²) in [4.78, 5) is 10.2. The number of hydrogen-bond acceptors (Lipinski definition) is 4. The fraction of sp³-hybridized carbons (Fsp3) is 0.286. The van der Waals surface area contributed by atoms with E-state index in [4.69, 9.17) is 0 Å². The molecule has 6 heteroatoms. The van der Waals surface area contributed by atoms with Gasteiger partial charge in [0.05, 0.1) is 16.6 Å². The van der Waals surface area contributed by atoms with Gasteiger partial charge in [-0.1, -0.05) is 12.1 Å². The largest absolute Gasteiger partial charge is 0.391 e. The molecule has 0 amide bonds. The van der Waals surface area contributed by atoms with Crippen LogP contribution in [0.1, 0.15) is 18.0 Å². The minimum absolute atomic E-state index is 0.0908. The Morgan fingerprint density at radius 2 is 2.25 bits per heavy atom. The van der Waals surface area contributed by atoms with Crippen LogP contribution in [-0.2, 0) is 0 Å². The standard InChI is InChI=1S/C14H13BrFN3O/c15-12-6-17-8-18-14(12)19-7-11(20)5-13(19)9-2-1-3-10(16)4-9/h1-4,6,8,11,13,20H,5,7H2/t11-,13-/m0/s1. The van der Waals surface area contributed by atoms with Crippen molar-refractivity contribution in [1.82, 2.24) is 9.97 Å². The quantitative estimate of drug-likeness (QED) is 0.915. The average molecular weight is 338 g/mol. The van der Waals surface area contributed by atoms with Crippen molar-refractivity contribution in [2.75, 3.05) is 11.4 Å². The Hall–Kier alpha value is -1.53. The highest BCUT2D eigenvalue weighted by molar-refractivity contribution is 9.10. The van der Waals surface area contributed by atoms with E-state index >= 15 is 0 Å². The SMILES string of the molecule is O[C@H]1C[C@@H](c2cccc(F)c2)N(c2ncncc2Br)C1. The molecule has 1 N–H and O–H groups in total. The topological polar surface area (TPSA) is 49.2 Å². The van der Waals surface area contributed by atoms with E-state index in [0.29, 0.717) is 18.8 Å². The fourth-order valence-corrected chi connectivity index (χ4v) is 3.04. The molecule has 1 aliphatic heterocycles. The first kappa shape index (κ1) is 13.5. The summed E-state index contributed by atoms with van der Waals surface area (Å²) in [6.07, 6.45) is 3.23. The highest BCUT2D eigenvalue weighted by Crippen LogP contribution is 2.38. The third-order valence-corrected chi connectivity index (χ3v) is 3.99. The molecular weight excluding hydrogens is 325 g/mol. The third kappa shape index (κ3) is 2.53. The molecule has 4 nitrogen and oxygen atoms in total. The summed E-state index contributed by atoms with van der Waals surface area (Å²) in [6.45, 7) is 0.469. The van der Waals surface area contributed by atoms with E-state index in [-0.39, 0.29) is 11.9 Å². The molecule has 2 atom stereocenters. The molecule has 104 valence electrons. The number of aliphatic hydroxyl groups is 1. The van der Waals surface area contributed by atoms with Crippen molar-refractivity contribution in [3.05, 3.63) is 52.6 Å². The van der Waals surface area contributed by atoms with Crippen molar-refractivity contribution in [3.63, 3.8) is 0 Å². The molecule has 3 rings (SSSR count). The number of hydrogen-bond donors (Lipinski definition) is 1. The van der Waals surface area contributed by atoms with E-state index in [2.05, 4.69) is 25.9 Å². The Balaban J connectivity index is 1.99. The van der Waals surface area contributed by atoms with E-state index in [1.54, 1.807) is 12.3 Å². The summed E-state index contributed by atoms with van der Waals surface area (Å²) in [5.41, 5.74) is 0.840. The summed E-state index contributed by atoms with van der Waals surface area (Å²) < 4.78 is 14.2. The lowest BCUT2D eigenvalue weighted by Gasteiger charge is -2.26. The fourth-order valence-electron chi connectivity index (χ4n) is 2.60. The van der Waals surface area contributed by atoms with Crippen LogP contribution < -0.4 is 4.90 Å². The van der Waals surface area contributed by atoms with Gasteiger partial charge in [0.15, 0.2) is 0 Å². The van der Waals surface area contributed by atoms with Crippen molar-refractivity contribution < 1.29 is 9.50 Å². The summed E-state index contributed by atoms with van der Waals surface area (Å²) >= 11 is 3.42. The average Bonchev–Trinajstić information content (AvgIpc) is 2.81. The number of anilines is 1. The summed E-state index contributed by atoms with van der Waals surface area (Å²) in [6, 6.07) is 6.38. The van der Waals surface area contributed by atoms with Gasteiger partial charge in [0.25, 0.3) is 0 Å². The number of benzene rings is 1. The van der Waals surface area contributed by atoms with Gasteiger partial charge in [-0.25, -0.2) is 14.4 Å². The van der Waals surface area contributed by atoms with Gasteiger partial charge < -0.3 is 10.0 Å². The molecule has 0 radical (unpaired) electrons. The minimum atomic E-state index is -0.454. The Labute approximate surface area is 124 Å². The second-order valence-electron chi connectivity index (χ2n) is 4.81. The maximum Gasteiger partial charge on any atom is 0.146 e. The lowest BCUT2D eigenvalue weighted by molar-refractivity contribution is 0.194. The lowest BCUT2D eigenvalue weighted by atomic mass is 10.0. The Bertz CT molecular complexity index is 625. The molecule has 1 fully saturated rings. The molecule has 1 aliphatic rings. The molecule has 2 aromatic rings. The van der Waals surface area contributed by atoms with Gasteiger partial charge in [-0.2, -0.15) is 0 Å². The highest BCUT2D eigenvalue weighted by atomic mass is 79.9. The first-order valence-electron chi connectivity index (χ1n) is 6.31. The normalized spacial score (nSPS) is 22.2. The van der Waals surface area contributed by atoms with Crippen LogP contribution in [0.2, 0.25) is 0 Å². The van der Waals surface area contributed by atoms with Crippen LogP contribution in [0.3, 0.4) is 0 Å².